The van der Waals surface area contributed by atoms with Gasteiger partial charge in [-0.3, -0.25) is 0 Å². The molecular weight excluding hydrogens is 564 g/mol. The fraction of sp³-hybridized carbons (Fsp3) is 0.229. The van der Waals surface area contributed by atoms with E-state index >= 15 is 0 Å². The second-order valence-electron chi connectivity index (χ2n) is 8.68. The van der Waals surface area contributed by atoms with Crippen LogP contribution in [-0.2, 0) is 14.2 Å². The van der Waals surface area contributed by atoms with Crippen molar-refractivity contribution in [2.45, 2.75) is 28.7 Å². The molecule has 9 nitrogen and oxygen atoms in total. The normalized spacial score (nSPS) is 9.45. The number of terminal acetylenes is 1. The highest BCUT2D eigenvalue weighted by Crippen LogP contribution is 2.23. The van der Waals surface area contributed by atoms with Crippen LogP contribution in [0.2, 0.25) is 0 Å². The predicted octanol–water partition coefficient (Wildman–Crippen LogP) is 7.81. The largest absolute Gasteiger partial charge is 0.481 e. The Balaban J connectivity index is 0.000000323. The van der Waals surface area contributed by atoms with Gasteiger partial charge in [0.1, 0.15) is 35.0 Å². The van der Waals surface area contributed by atoms with E-state index in [9.17, 15) is 14.4 Å². The molecule has 2 aromatic heterocycles. The van der Waals surface area contributed by atoms with Crippen LogP contribution in [0, 0.1) is 26.2 Å². The number of benzene rings is 3. The van der Waals surface area contributed by atoms with Gasteiger partial charge in [0.25, 0.3) is 0 Å². The molecule has 5 aromatic rings. The van der Waals surface area contributed by atoms with Crippen LogP contribution in [0.3, 0.4) is 0 Å². The number of carbonyl (C=O) groups is 3. The van der Waals surface area contributed by atoms with Gasteiger partial charge in [0.05, 0.1) is 38.0 Å². The minimum atomic E-state index is -0.392. The highest BCUT2D eigenvalue weighted by atomic mass is 16.5. The van der Waals surface area contributed by atoms with Crippen LogP contribution in [0.4, 0.5) is 0 Å². The third kappa shape index (κ3) is 9.53. The van der Waals surface area contributed by atoms with Gasteiger partial charge in [-0.05, 0) is 68.4 Å². The van der Waals surface area contributed by atoms with Crippen LogP contribution in [0.15, 0.2) is 81.6 Å². The fourth-order valence-electron chi connectivity index (χ4n) is 3.84. The number of hydrogen-bond acceptors (Lipinski definition) is 9. The number of methoxy groups -OCH3 is 3. The molecule has 0 bridgehead atoms. The van der Waals surface area contributed by atoms with E-state index in [1.54, 1.807) is 48.5 Å². The van der Waals surface area contributed by atoms with Gasteiger partial charge < -0.3 is 27.8 Å². The van der Waals surface area contributed by atoms with Crippen molar-refractivity contribution in [2.75, 3.05) is 27.9 Å². The summed E-state index contributed by atoms with van der Waals surface area (Å²) in [5.74, 6) is 3.45. The molecule has 44 heavy (non-hydrogen) atoms. The Labute approximate surface area is 257 Å². The Kier molecular flexibility index (Phi) is 14.5. The van der Waals surface area contributed by atoms with Gasteiger partial charge in [0.2, 0.25) is 0 Å². The smallest absolute Gasteiger partial charge is 0.338 e. The van der Waals surface area contributed by atoms with E-state index in [0.29, 0.717) is 33.6 Å². The monoisotopic (exact) mass is 602 g/mol. The molecule has 232 valence electrons. The zero-order valence-corrected chi connectivity index (χ0v) is 23.9. The number of ether oxygens (including phenoxy) is 4. The van der Waals surface area contributed by atoms with Gasteiger partial charge >= 0.3 is 17.9 Å². The van der Waals surface area contributed by atoms with Gasteiger partial charge in [0, 0.05) is 10.8 Å². The van der Waals surface area contributed by atoms with Crippen molar-refractivity contribution in [1.29, 1.82) is 0 Å². The van der Waals surface area contributed by atoms with E-state index in [0.717, 1.165) is 22.3 Å². The average Bonchev–Trinajstić information content (AvgIpc) is 3.59. The second kappa shape index (κ2) is 17.5. The zero-order chi connectivity index (χ0) is 30.6. The van der Waals surface area contributed by atoms with Gasteiger partial charge in [-0.1, -0.05) is 39.0 Å². The van der Waals surface area contributed by atoms with Crippen LogP contribution in [-0.4, -0.2) is 45.8 Å². The molecule has 0 amide bonds. The highest BCUT2D eigenvalue weighted by molar-refractivity contribution is 6.03. The molecule has 3 aromatic carbocycles. The van der Waals surface area contributed by atoms with Crippen LogP contribution < -0.4 is 4.74 Å². The molecule has 5 rings (SSSR count). The molecular formula is C35H38O9. The summed E-state index contributed by atoms with van der Waals surface area (Å²) < 4.78 is 29.8. The third-order valence-corrected chi connectivity index (χ3v) is 5.73. The average molecular weight is 603 g/mol. The van der Waals surface area contributed by atoms with Crippen molar-refractivity contribution in [1.82, 2.24) is 0 Å². The number of aryl methyl sites for hydroxylation is 2. The van der Waals surface area contributed by atoms with E-state index in [1.165, 1.54) is 21.3 Å². The summed E-state index contributed by atoms with van der Waals surface area (Å²) >= 11 is 0. The standard InChI is InChI=1S/3C11H10O3.2CH4/c1-7-5-8-3-4-9(11(12)13-2)6-10(8)14-7;1-7-6-9-8(11(12)13-2)4-3-5-10(9)14-7;1-3-7-14-10-6-4-5-9(8-10)11(12)13-2;;/h2*3-6H,1-2H3;1,4-6,8H,7H2,2H3;2*1H4. The molecule has 0 N–H and O–H groups in total. The first kappa shape index (κ1) is 36.5. The van der Waals surface area contributed by atoms with Gasteiger partial charge in [-0.2, -0.15) is 0 Å². The van der Waals surface area contributed by atoms with Crippen molar-refractivity contribution in [3.05, 3.63) is 101 Å². The summed E-state index contributed by atoms with van der Waals surface area (Å²) in [6, 6.07) is 21.0. The van der Waals surface area contributed by atoms with Crippen molar-refractivity contribution in [2.24, 2.45) is 0 Å². The van der Waals surface area contributed by atoms with E-state index in [1.807, 2.05) is 38.1 Å². The van der Waals surface area contributed by atoms with Gasteiger partial charge in [-0.25, -0.2) is 14.4 Å². The molecule has 0 atom stereocenters. The molecule has 0 radical (unpaired) electrons. The Bertz CT molecular complexity index is 1730. The maximum absolute atomic E-state index is 11.4. The molecule has 0 aliphatic rings. The molecule has 2 heterocycles. The zero-order valence-electron chi connectivity index (χ0n) is 23.9. The van der Waals surface area contributed by atoms with E-state index < -0.39 is 5.97 Å². The highest BCUT2D eigenvalue weighted by Gasteiger charge is 2.12. The van der Waals surface area contributed by atoms with Crippen molar-refractivity contribution >= 4 is 39.8 Å². The van der Waals surface area contributed by atoms with Crippen LogP contribution >= 0.6 is 0 Å². The molecule has 0 aliphatic heterocycles. The van der Waals surface area contributed by atoms with Crippen LogP contribution in [0.5, 0.6) is 5.75 Å². The summed E-state index contributed by atoms with van der Waals surface area (Å²) in [6.07, 6.45) is 5.03. The predicted molar refractivity (Wildman–Crippen MR) is 170 cm³/mol. The lowest BCUT2D eigenvalue weighted by Crippen LogP contribution is -2.01. The lowest BCUT2D eigenvalue weighted by molar-refractivity contribution is 0.0591. The topological polar surface area (TPSA) is 114 Å². The maximum Gasteiger partial charge on any atom is 0.338 e. The van der Waals surface area contributed by atoms with Gasteiger partial charge in [0.15, 0.2) is 0 Å². The lowest BCUT2D eigenvalue weighted by atomic mass is 10.1. The number of fused-ring (bicyclic) bond motifs is 2. The molecule has 0 saturated carbocycles. The number of rotatable bonds is 5. The van der Waals surface area contributed by atoms with Crippen molar-refractivity contribution in [3.8, 4) is 18.1 Å². The molecule has 0 saturated heterocycles. The Morgan fingerprint density at radius 3 is 1.93 bits per heavy atom. The Morgan fingerprint density at radius 2 is 1.30 bits per heavy atom. The summed E-state index contributed by atoms with van der Waals surface area (Å²) in [6.45, 7) is 3.91. The van der Waals surface area contributed by atoms with Gasteiger partial charge in [-0.15, -0.1) is 6.42 Å². The Hall–Kier alpha value is -5.49. The van der Waals surface area contributed by atoms with E-state index in [4.69, 9.17) is 20.0 Å². The van der Waals surface area contributed by atoms with E-state index in [-0.39, 0.29) is 33.4 Å². The fourth-order valence-corrected chi connectivity index (χ4v) is 3.84. The minimum absolute atomic E-state index is 0. The summed E-state index contributed by atoms with van der Waals surface area (Å²) in [5.41, 5.74) is 2.93. The summed E-state index contributed by atoms with van der Waals surface area (Å²) in [5, 5.41) is 1.80. The quantitative estimate of drug-likeness (QED) is 0.113. The second-order valence-corrected chi connectivity index (χ2v) is 8.68. The number of esters is 3. The number of hydrogen-bond donors (Lipinski definition) is 0. The molecule has 9 heteroatoms. The minimum Gasteiger partial charge on any atom is -0.481 e. The maximum atomic E-state index is 11.4. The number of carbonyl (C=O) groups excluding carboxylic acids is 3. The summed E-state index contributed by atoms with van der Waals surface area (Å²) in [4.78, 5) is 33.7. The SMILES string of the molecule is C.C.C#CCOc1cccc(C(=O)OC)c1.COC(=O)c1ccc2cc(C)oc2c1.COC(=O)c1cccc2oc(C)cc12. The molecule has 0 aliphatic carbocycles. The first-order valence-electron chi connectivity index (χ1n) is 12.6. The van der Waals surface area contributed by atoms with Crippen molar-refractivity contribution < 1.29 is 42.2 Å². The first-order valence-corrected chi connectivity index (χ1v) is 12.6. The van der Waals surface area contributed by atoms with E-state index in [2.05, 4.69) is 20.1 Å². The first-order chi connectivity index (χ1) is 20.2. The summed E-state index contributed by atoms with van der Waals surface area (Å²) in [7, 11) is 4.06. The third-order valence-electron chi connectivity index (χ3n) is 5.73. The lowest BCUT2D eigenvalue weighted by Gasteiger charge is -2.03. The van der Waals surface area contributed by atoms with Crippen LogP contribution in [0.1, 0.15) is 57.4 Å². The molecule has 0 spiro atoms. The molecule has 0 unspecified atom stereocenters. The number of furan rings is 2. The van der Waals surface area contributed by atoms with Crippen LogP contribution in [0.25, 0.3) is 21.9 Å². The Morgan fingerprint density at radius 1 is 0.705 bits per heavy atom. The van der Waals surface area contributed by atoms with Crippen molar-refractivity contribution in [3.63, 3.8) is 0 Å². The molecule has 0 fully saturated rings.